The molecule has 5 nitrogen and oxygen atoms in total. The molecule has 0 radical (unpaired) electrons. The molecule has 2 aromatic carbocycles. The predicted molar refractivity (Wildman–Crippen MR) is 104 cm³/mol. The molecule has 0 fully saturated rings. The van der Waals surface area contributed by atoms with Gasteiger partial charge in [0.25, 0.3) is 0 Å². The van der Waals surface area contributed by atoms with Crippen LogP contribution in [0.25, 0.3) is 0 Å². The van der Waals surface area contributed by atoms with E-state index in [9.17, 15) is 8.42 Å². The summed E-state index contributed by atoms with van der Waals surface area (Å²) < 4.78 is 37.5. The van der Waals surface area contributed by atoms with Gasteiger partial charge >= 0.3 is 0 Å². The van der Waals surface area contributed by atoms with Gasteiger partial charge < -0.3 is 9.47 Å². The number of methoxy groups -OCH3 is 2. The van der Waals surface area contributed by atoms with E-state index in [-0.39, 0.29) is 5.75 Å². The van der Waals surface area contributed by atoms with Gasteiger partial charge in [0.2, 0.25) is 10.0 Å². The Morgan fingerprint density at radius 2 is 1.23 bits per heavy atom. The average Bonchev–Trinajstić information content (AvgIpc) is 2.67. The Labute approximate surface area is 156 Å². The van der Waals surface area contributed by atoms with Crippen LogP contribution in [0.15, 0.2) is 48.5 Å². The fourth-order valence-corrected chi connectivity index (χ4v) is 4.18. The first kappa shape index (κ1) is 20.3. The fraction of sp³-hybridized carbons (Fsp3) is 0.400. The molecule has 0 N–H and O–H groups in total. The molecule has 0 heterocycles. The lowest BCUT2D eigenvalue weighted by atomic mass is 10.2. The number of benzene rings is 2. The molecule has 0 aliphatic rings. The Hall–Kier alpha value is -2.05. The Balaban J connectivity index is 2.21. The lowest BCUT2D eigenvalue weighted by molar-refractivity contribution is 0.397. The van der Waals surface area contributed by atoms with E-state index < -0.39 is 10.0 Å². The number of sulfonamides is 1. The summed E-state index contributed by atoms with van der Waals surface area (Å²) >= 11 is 0. The van der Waals surface area contributed by atoms with Crippen LogP contribution in [0.1, 0.15) is 30.9 Å². The second kappa shape index (κ2) is 9.59. The van der Waals surface area contributed by atoms with Crippen molar-refractivity contribution >= 4 is 10.0 Å². The summed E-state index contributed by atoms with van der Waals surface area (Å²) in [6.07, 6.45) is 1.50. The van der Waals surface area contributed by atoms with E-state index in [0.717, 1.165) is 29.0 Å². The lowest BCUT2D eigenvalue weighted by Gasteiger charge is -2.22. The largest absolute Gasteiger partial charge is 0.497 e. The maximum Gasteiger partial charge on any atom is 0.214 e. The van der Waals surface area contributed by atoms with E-state index in [1.165, 1.54) is 0 Å². The molecule has 0 saturated heterocycles. The molecule has 0 spiro atoms. The topological polar surface area (TPSA) is 55.8 Å². The first-order valence-corrected chi connectivity index (χ1v) is 10.3. The molecular weight excluding hydrogens is 350 g/mol. The van der Waals surface area contributed by atoms with Crippen LogP contribution in [0.5, 0.6) is 11.5 Å². The molecule has 26 heavy (non-hydrogen) atoms. The van der Waals surface area contributed by atoms with Crippen molar-refractivity contribution in [3.05, 3.63) is 59.7 Å². The molecular formula is C20H27NO4S. The Morgan fingerprint density at radius 3 is 1.58 bits per heavy atom. The van der Waals surface area contributed by atoms with Crippen LogP contribution in [-0.2, 0) is 23.1 Å². The summed E-state index contributed by atoms with van der Waals surface area (Å²) in [4.78, 5) is 0. The summed E-state index contributed by atoms with van der Waals surface area (Å²) in [6.45, 7) is 2.66. The standard InChI is InChI=1S/C20H27NO4S/c1-4-5-14-26(22,23)21(15-17-6-10-19(24-2)11-7-17)16-18-8-12-20(25-3)13-9-18/h6-13H,4-5,14-16H2,1-3H3. The van der Waals surface area contributed by atoms with Crippen molar-refractivity contribution in [1.82, 2.24) is 4.31 Å². The van der Waals surface area contributed by atoms with Crippen molar-refractivity contribution < 1.29 is 17.9 Å². The first-order chi connectivity index (χ1) is 12.5. The number of hydrogen-bond donors (Lipinski definition) is 0. The van der Waals surface area contributed by atoms with Gasteiger partial charge in [0.15, 0.2) is 0 Å². The van der Waals surface area contributed by atoms with Gasteiger partial charge in [-0.15, -0.1) is 0 Å². The third-order valence-electron chi connectivity index (χ3n) is 4.19. The zero-order chi connectivity index (χ0) is 19.0. The monoisotopic (exact) mass is 377 g/mol. The molecule has 142 valence electrons. The van der Waals surface area contributed by atoms with Gasteiger partial charge in [-0.3, -0.25) is 0 Å². The SMILES string of the molecule is CCCCS(=O)(=O)N(Cc1ccc(OC)cc1)Cc1ccc(OC)cc1. The van der Waals surface area contributed by atoms with Gasteiger partial charge in [0.05, 0.1) is 20.0 Å². The molecule has 0 saturated carbocycles. The normalized spacial score (nSPS) is 11.5. The zero-order valence-corrected chi connectivity index (χ0v) is 16.5. The quantitative estimate of drug-likeness (QED) is 0.631. The van der Waals surface area contributed by atoms with E-state index in [0.29, 0.717) is 19.5 Å². The molecule has 0 unspecified atom stereocenters. The number of ether oxygens (including phenoxy) is 2. The van der Waals surface area contributed by atoms with Crippen LogP contribution in [0, 0.1) is 0 Å². The summed E-state index contributed by atoms with van der Waals surface area (Å²) in [5.41, 5.74) is 1.86. The van der Waals surface area contributed by atoms with E-state index in [4.69, 9.17) is 9.47 Å². The highest BCUT2D eigenvalue weighted by molar-refractivity contribution is 7.89. The first-order valence-electron chi connectivity index (χ1n) is 8.72. The maximum absolute atomic E-state index is 12.8. The fourth-order valence-electron chi connectivity index (χ4n) is 2.58. The van der Waals surface area contributed by atoms with Gasteiger partial charge in [0, 0.05) is 13.1 Å². The van der Waals surface area contributed by atoms with Crippen molar-refractivity contribution in [2.45, 2.75) is 32.9 Å². The minimum atomic E-state index is -3.34. The van der Waals surface area contributed by atoms with Crippen LogP contribution in [0.4, 0.5) is 0 Å². The van der Waals surface area contributed by atoms with E-state index >= 15 is 0 Å². The Bertz CT molecular complexity index is 721. The van der Waals surface area contributed by atoms with Crippen molar-refractivity contribution in [2.75, 3.05) is 20.0 Å². The number of hydrogen-bond acceptors (Lipinski definition) is 4. The van der Waals surface area contributed by atoms with Crippen LogP contribution < -0.4 is 9.47 Å². The Kier molecular flexibility index (Phi) is 7.48. The average molecular weight is 378 g/mol. The molecule has 0 aliphatic heterocycles. The van der Waals surface area contributed by atoms with Gasteiger partial charge in [-0.1, -0.05) is 37.6 Å². The number of nitrogens with zero attached hydrogens (tertiary/aromatic N) is 1. The molecule has 0 amide bonds. The van der Waals surface area contributed by atoms with Crippen molar-refractivity contribution in [3.8, 4) is 11.5 Å². The van der Waals surface area contributed by atoms with E-state index in [2.05, 4.69) is 0 Å². The molecule has 2 rings (SSSR count). The van der Waals surface area contributed by atoms with Crippen LogP contribution in [0.3, 0.4) is 0 Å². The van der Waals surface area contributed by atoms with Crippen molar-refractivity contribution in [3.63, 3.8) is 0 Å². The molecule has 0 atom stereocenters. The van der Waals surface area contributed by atoms with Crippen molar-refractivity contribution in [1.29, 1.82) is 0 Å². The highest BCUT2D eigenvalue weighted by atomic mass is 32.2. The number of rotatable bonds is 10. The summed E-state index contributed by atoms with van der Waals surface area (Å²) in [6, 6.07) is 15.0. The minimum Gasteiger partial charge on any atom is -0.497 e. The smallest absolute Gasteiger partial charge is 0.214 e. The molecule has 0 aliphatic carbocycles. The van der Waals surface area contributed by atoms with Gasteiger partial charge in [-0.05, 0) is 41.8 Å². The van der Waals surface area contributed by atoms with Crippen LogP contribution in [0.2, 0.25) is 0 Å². The van der Waals surface area contributed by atoms with Crippen LogP contribution in [-0.4, -0.2) is 32.7 Å². The third-order valence-corrected chi connectivity index (χ3v) is 6.03. The third kappa shape index (κ3) is 5.75. The second-order valence-electron chi connectivity index (χ2n) is 6.13. The lowest BCUT2D eigenvalue weighted by Crippen LogP contribution is -2.32. The number of unbranched alkanes of at least 4 members (excludes halogenated alkanes) is 1. The van der Waals surface area contributed by atoms with Crippen molar-refractivity contribution in [2.24, 2.45) is 0 Å². The molecule has 6 heteroatoms. The summed E-state index contributed by atoms with van der Waals surface area (Å²) in [5, 5.41) is 0. The molecule has 0 aromatic heterocycles. The highest BCUT2D eigenvalue weighted by Gasteiger charge is 2.22. The van der Waals surface area contributed by atoms with Gasteiger partial charge in [-0.2, -0.15) is 4.31 Å². The predicted octanol–water partition coefficient (Wildman–Crippen LogP) is 3.84. The Morgan fingerprint density at radius 1 is 0.808 bits per heavy atom. The van der Waals surface area contributed by atoms with E-state index in [1.54, 1.807) is 18.5 Å². The molecule has 0 bridgehead atoms. The van der Waals surface area contributed by atoms with E-state index in [1.807, 2.05) is 55.5 Å². The summed E-state index contributed by atoms with van der Waals surface area (Å²) in [5.74, 6) is 1.67. The minimum absolute atomic E-state index is 0.163. The molecule has 2 aromatic rings. The zero-order valence-electron chi connectivity index (χ0n) is 15.6. The highest BCUT2D eigenvalue weighted by Crippen LogP contribution is 2.19. The second-order valence-corrected chi connectivity index (χ2v) is 8.22. The van der Waals surface area contributed by atoms with Gasteiger partial charge in [0.1, 0.15) is 11.5 Å². The van der Waals surface area contributed by atoms with Gasteiger partial charge in [-0.25, -0.2) is 8.42 Å². The van der Waals surface area contributed by atoms with Crippen LogP contribution >= 0.6 is 0 Å². The summed E-state index contributed by atoms with van der Waals surface area (Å²) in [7, 11) is -0.119. The maximum atomic E-state index is 12.8.